The molecule has 1 heterocycles. The van der Waals surface area contributed by atoms with Crippen LogP contribution in [0.15, 0.2) is 18.2 Å². The number of ether oxygens (including phenoxy) is 2. The molecule has 0 radical (unpaired) electrons. The first-order valence-electron chi connectivity index (χ1n) is 6.90. The van der Waals surface area contributed by atoms with Gasteiger partial charge in [-0.15, -0.1) is 0 Å². The van der Waals surface area contributed by atoms with Crippen molar-refractivity contribution in [3.63, 3.8) is 0 Å². The molecule has 0 saturated heterocycles. The van der Waals surface area contributed by atoms with E-state index in [4.69, 9.17) is 9.47 Å². The van der Waals surface area contributed by atoms with E-state index in [0.29, 0.717) is 12.3 Å². The molecule has 106 valence electrons. The van der Waals surface area contributed by atoms with Gasteiger partial charge < -0.3 is 19.9 Å². The number of aliphatic hydroxyl groups is 1. The summed E-state index contributed by atoms with van der Waals surface area (Å²) in [6, 6.07) is 5.58. The Bertz CT molecular complexity index is 429. The van der Waals surface area contributed by atoms with Gasteiger partial charge in [-0.1, -0.05) is 19.9 Å². The molecule has 19 heavy (non-hydrogen) atoms. The van der Waals surface area contributed by atoms with Crippen molar-refractivity contribution < 1.29 is 14.6 Å². The van der Waals surface area contributed by atoms with Crippen molar-refractivity contribution >= 4 is 0 Å². The van der Waals surface area contributed by atoms with Gasteiger partial charge in [0.2, 0.25) is 6.79 Å². The van der Waals surface area contributed by atoms with E-state index in [1.807, 2.05) is 18.2 Å². The summed E-state index contributed by atoms with van der Waals surface area (Å²) in [4.78, 5) is 0. The van der Waals surface area contributed by atoms with Gasteiger partial charge in [-0.3, -0.25) is 0 Å². The van der Waals surface area contributed by atoms with Gasteiger partial charge >= 0.3 is 0 Å². The van der Waals surface area contributed by atoms with E-state index in [2.05, 4.69) is 26.1 Å². The van der Waals surface area contributed by atoms with Gasteiger partial charge in [0, 0.05) is 12.1 Å². The molecule has 1 aromatic rings. The second-order valence-corrected chi connectivity index (χ2v) is 5.28. The number of hydrogen-bond donors (Lipinski definition) is 2. The van der Waals surface area contributed by atoms with Gasteiger partial charge in [0.15, 0.2) is 11.5 Å². The van der Waals surface area contributed by atoms with Crippen LogP contribution in [0, 0.1) is 0 Å². The van der Waals surface area contributed by atoms with Gasteiger partial charge in [0.1, 0.15) is 0 Å². The monoisotopic (exact) mass is 265 g/mol. The molecular weight excluding hydrogens is 242 g/mol. The number of rotatable bonds is 6. The molecule has 4 nitrogen and oxygen atoms in total. The van der Waals surface area contributed by atoms with Crippen LogP contribution < -0.4 is 14.8 Å². The van der Waals surface area contributed by atoms with Crippen molar-refractivity contribution in [1.82, 2.24) is 5.32 Å². The Labute approximate surface area is 114 Å². The Morgan fingerprint density at radius 1 is 1.26 bits per heavy atom. The van der Waals surface area contributed by atoms with Crippen LogP contribution in [0.5, 0.6) is 11.5 Å². The van der Waals surface area contributed by atoms with E-state index in [-0.39, 0.29) is 12.3 Å². The molecule has 0 spiro atoms. The maximum atomic E-state index is 10.2. The molecule has 1 aliphatic heterocycles. The summed E-state index contributed by atoms with van der Waals surface area (Å²) in [7, 11) is 0. The van der Waals surface area contributed by atoms with Gasteiger partial charge in [0.25, 0.3) is 0 Å². The topological polar surface area (TPSA) is 50.7 Å². The average Bonchev–Trinajstić information content (AvgIpc) is 2.91. The minimum Gasteiger partial charge on any atom is -0.454 e. The van der Waals surface area contributed by atoms with Crippen molar-refractivity contribution in [2.75, 3.05) is 13.3 Å². The van der Waals surface area contributed by atoms with Gasteiger partial charge in [-0.25, -0.2) is 0 Å². The Hall–Kier alpha value is -1.26. The zero-order valence-electron chi connectivity index (χ0n) is 11.9. The second-order valence-electron chi connectivity index (χ2n) is 5.28. The Morgan fingerprint density at radius 2 is 1.95 bits per heavy atom. The highest BCUT2D eigenvalue weighted by Crippen LogP contribution is 2.34. The van der Waals surface area contributed by atoms with Crippen molar-refractivity contribution in [2.45, 2.75) is 45.3 Å². The third-order valence-electron chi connectivity index (χ3n) is 4.06. The number of fused-ring (bicyclic) bond motifs is 1. The van der Waals surface area contributed by atoms with Gasteiger partial charge in [0.05, 0.1) is 6.10 Å². The molecule has 0 aromatic heterocycles. The van der Waals surface area contributed by atoms with Crippen LogP contribution >= 0.6 is 0 Å². The maximum Gasteiger partial charge on any atom is 0.231 e. The third-order valence-corrected chi connectivity index (χ3v) is 4.06. The summed E-state index contributed by atoms with van der Waals surface area (Å²) >= 11 is 0. The normalized spacial score (nSPS) is 15.6. The number of nitrogens with one attached hydrogen (secondary N) is 1. The predicted octanol–water partition coefficient (Wildman–Crippen LogP) is 2.62. The third kappa shape index (κ3) is 3.19. The number of β-amino-alcohol motifs (C(OH)–C–C–N with tert-alkyl or cyclic N) is 1. The first-order chi connectivity index (χ1) is 9.08. The SMILES string of the molecule is CCC(C)(CC)NCC(O)c1ccc2c(c1)OCO2. The summed E-state index contributed by atoms with van der Waals surface area (Å²) in [6.07, 6.45) is 1.54. The molecule has 4 heteroatoms. The summed E-state index contributed by atoms with van der Waals surface area (Å²) in [5.41, 5.74) is 0.934. The smallest absolute Gasteiger partial charge is 0.231 e. The minimum absolute atomic E-state index is 0.0807. The lowest BCUT2D eigenvalue weighted by Crippen LogP contribution is -2.43. The van der Waals surface area contributed by atoms with Gasteiger partial charge in [-0.2, -0.15) is 0 Å². The van der Waals surface area contributed by atoms with E-state index < -0.39 is 6.10 Å². The zero-order valence-corrected chi connectivity index (χ0v) is 11.9. The van der Waals surface area contributed by atoms with Crippen molar-refractivity contribution in [2.24, 2.45) is 0 Å². The average molecular weight is 265 g/mol. The number of aliphatic hydroxyl groups excluding tert-OH is 1. The summed E-state index contributed by atoms with van der Waals surface area (Å²) in [5.74, 6) is 1.46. The van der Waals surface area contributed by atoms with Crippen molar-refractivity contribution in [3.05, 3.63) is 23.8 Å². The van der Waals surface area contributed by atoms with Crippen LogP contribution in [0.2, 0.25) is 0 Å². The van der Waals surface area contributed by atoms with Crippen LogP contribution in [0.25, 0.3) is 0 Å². The minimum atomic E-state index is -0.535. The lowest BCUT2D eigenvalue weighted by atomic mass is 9.95. The standard InChI is InChI=1S/C15H23NO3/c1-4-15(3,5-2)16-9-12(17)11-6-7-13-14(8-11)19-10-18-13/h6-8,12,16-17H,4-5,9-10H2,1-3H3. The van der Waals surface area contributed by atoms with E-state index in [0.717, 1.165) is 24.2 Å². The lowest BCUT2D eigenvalue weighted by molar-refractivity contribution is 0.155. The van der Waals surface area contributed by atoms with Crippen LogP contribution in [-0.4, -0.2) is 24.0 Å². The maximum absolute atomic E-state index is 10.2. The fraction of sp³-hybridized carbons (Fsp3) is 0.600. The highest BCUT2D eigenvalue weighted by atomic mass is 16.7. The van der Waals surface area contributed by atoms with Crippen LogP contribution in [-0.2, 0) is 0 Å². The highest BCUT2D eigenvalue weighted by Gasteiger charge is 2.21. The molecule has 1 aliphatic rings. The quantitative estimate of drug-likeness (QED) is 0.830. The van der Waals surface area contributed by atoms with E-state index in [1.54, 1.807) is 0 Å². The van der Waals surface area contributed by atoms with E-state index in [1.165, 1.54) is 0 Å². The number of benzene rings is 1. The molecule has 2 rings (SSSR count). The molecule has 0 aliphatic carbocycles. The molecule has 1 atom stereocenters. The second kappa shape index (κ2) is 5.80. The Kier molecular flexibility index (Phi) is 4.32. The van der Waals surface area contributed by atoms with Crippen LogP contribution in [0.1, 0.15) is 45.3 Å². The van der Waals surface area contributed by atoms with Gasteiger partial charge in [-0.05, 0) is 37.5 Å². The Balaban J connectivity index is 1.98. The molecule has 1 unspecified atom stereocenters. The van der Waals surface area contributed by atoms with Crippen LogP contribution in [0.4, 0.5) is 0 Å². The summed E-state index contributed by atoms with van der Waals surface area (Å²) in [6.45, 7) is 7.29. The molecule has 0 amide bonds. The molecule has 2 N–H and O–H groups in total. The first-order valence-corrected chi connectivity index (χ1v) is 6.90. The molecule has 0 fully saturated rings. The molecule has 1 aromatic carbocycles. The molecule has 0 saturated carbocycles. The predicted molar refractivity (Wildman–Crippen MR) is 74.5 cm³/mol. The summed E-state index contributed by atoms with van der Waals surface area (Å²) < 4.78 is 10.6. The molecular formula is C15H23NO3. The molecule has 0 bridgehead atoms. The first kappa shape index (κ1) is 14.2. The lowest BCUT2D eigenvalue weighted by Gasteiger charge is -2.29. The summed E-state index contributed by atoms with van der Waals surface area (Å²) in [5, 5.41) is 13.7. The Morgan fingerprint density at radius 3 is 2.63 bits per heavy atom. The largest absolute Gasteiger partial charge is 0.454 e. The van der Waals surface area contributed by atoms with Crippen molar-refractivity contribution in [3.8, 4) is 11.5 Å². The van der Waals surface area contributed by atoms with E-state index >= 15 is 0 Å². The highest BCUT2D eigenvalue weighted by molar-refractivity contribution is 5.45. The van der Waals surface area contributed by atoms with Crippen LogP contribution in [0.3, 0.4) is 0 Å². The fourth-order valence-electron chi connectivity index (χ4n) is 2.08. The van der Waals surface area contributed by atoms with E-state index in [9.17, 15) is 5.11 Å². The fourth-order valence-corrected chi connectivity index (χ4v) is 2.08. The van der Waals surface area contributed by atoms with Crippen molar-refractivity contribution in [1.29, 1.82) is 0 Å². The zero-order chi connectivity index (χ0) is 13.9. The number of hydrogen-bond acceptors (Lipinski definition) is 4.